The van der Waals surface area contributed by atoms with Crippen LogP contribution in [0.1, 0.15) is 72.8 Å². The molecule has 0 fully saturated rings. The molecule has 3 atom stereocenters. The molecule has 0 bridgehead atoms. The number of nitrogens with zero attached hydrogens (tertiary/aromatic N) is 3. The molecule has 8 aromatic rings. The number of hydrogen-bond donors (Lipinski definition) is 0. The Balaban J connectivity index is 1.17. The van der Waals surface area contributed by atoms with E-state index in [0.29, 0.717) is 11.7 Å². The van der Waals surface area contributed by atoms with Gasteiger partial charge in [0.25, 0.3) is 0 Å². The molecule has 0 aliphatic heterocycles. The lowest BCUT2D eigenvalue weighted by Gasteiger charge is -2.39. The third-order valence-electron chi connectivity index (χ3n) is 13.0. The summed E-state index contributed by atoms with van der Waals surface area (Å²) in [5.41, 5.74) is 12.8. The number of aromatic nitrogens is 3. The van der Waals surface area contributed by atoms with E-state index in [1.807, 2.05) is 18.2 Å². The zero-order valence-electron chi connectivity index (χ0n) is 35.8. The molecule has 3 unspecified atom stereocenters. The lowest BCUT2D eigenvalue weighted by Crippen LogP contribution is -2.35. The molecule has 0 saturated carbocycles. The van der Waals surface area contributed by atoms with Gasteiger partial charge < -0.3 is 0 Å². The van der Waals surface area contributed by atoms with Crippen molar-refractivity contribution in [3.05, 3.63) is 242 Å². The van der Waals surface area contributed by atoms with Gasteiger partial charge in [-0.3, -0.25) is 4.57 Å². The quantitative estimate of drug-likeness (QED) is 0.0763. The Labute approximate surface area is 366 Å². The van der Waals surface area contributed by atoms with Crippen LogP contribution in [0.2, 0.25) is 0 Å². The molecule has 3 nitrogen and oxygen atoms in total. The summed E-state index contributed by atoms with van der Waals surface area (Å²) in [5, 5.41) is 3.68. The van der Waals surface area contributed by atoms with Crippen LogP contribution in [0.4, 0.5) is 0 Å². The second-order valence-corrected chi connectivity index (χ2v) is 16.4. The Kier molecular flexibility index (Phi) is 11.4. The van der Waals surface area contributed by atoms with Gasteiger partial charge in [0.15, 0.2) is 5.82 Å². The second-order valence-electron chi connectivity index (χ2n) is 16.4. The van der Waals surface area contributed by atoms with Gasteiger partial charge in [-0.15, -0.1) is 6.58 Å². The minimum Gasteiger partial charge on any atom is -0.298 e. The lowest BCUT2D eigenvalue weighted by molar-refractivity contribution is 0.460. The predicted octanol–water partition coefficient (Wildman–Crippen LogP) is 15.2. The molecular weight excluding hydrogens is 751 g/mol. The van der Waals surface area contributed by atoms with E-state index < -0.39 is 0 Å². The standard InChI is InChI=1S/C59H53N3/c1-6-21-42(10-5)58-60-55(44-25-13-11-14-26-44)40-57(61-58)62-48(39-52-49-29-18-17-24-43(49)34-37-56(52)62)35-32-41(9-4)45-33-36-54-51(38-45)50-30-19-20-31-53(50)59(54,46(22-7-2)23-8-3)47-27-15-12-16-28-47/h6-8,10-21,23-31,33-34,36-41,46H,1-2,5,9,22,32,35H2,3-4H3/b23-8-,42-21+. The van der Waals surface area contributed by atoms with Crippen molar-refractivity contribution >= 4 is 27.2 Å². The van der Waals surface area contributed by atoms with E-state index in [9.17, 15) is 0 Å². The van der Waals surface area contributed by atoms with Crippen LogP contribution in [0.15, 0.2) is 208 Å². The number of hydrogen-bond acceptors (Lipinski definition) is 2. The van der Waals surface area contributed by atoms with Crippen LogP contribution in [0, 0.1) is 5.92 Å². The normalized spacial score (nSPS) is 15.7. The molecule has 304 valence electrons. The van der Waals surface area contributed by atoms with Crippen LogP contribution in [-0.2, 0) is 11.8 Å². The van der Waals surface area contributed by atoms with Crippen molar-refractivity contribution < 1.29 is 0 Å². The first kappa shape index (κ1) is 40.3. The van der Waals surface area contributed by atoms with Gasteiger partial charge in [0, 0.05) is 28.3 Å². The molecular formula is C59H53N3. The van der Waals surface area contributed by atoms with Crippen LogP contribution in [0.5, 0.6) is 0 Å². The molecule has 6 aromatic carbocycles. The third-order valence-corrected chi connectivity index (χ3v) is 13.0. The first-order valence-electron chi connectivity index (χ1n) is 22.0. The average Bonchev–Trinajstić information content (AvgIpc) is 3.85. The summed E-state index contributed by atoms with van der Waals surface area (Å²) >= 11 is 0. The van der Waals surface area contributed by atoms with Crippen molar-refractivity contribution in [3.8, 4) is 28.2 Å². The smallest absolute Gasteiger partial charge is 0.162 e. The van der Waals surface area contributed by atoms with E-state index >= 15 is 0 Å². The first-order valence-corrected chi connectivity index (χ1v) is 22.0. The van der Waals surface area contributed by atoms with E-state index in [1.54, 1.807) is 6.08 Å². The molecule has 0 radical (unpaired) electrons. The SMILES string of the molecule is C=C/C=C(\C=C)c1nc(-c2ccccc2)cc(-n2c(CCC(CC)c3ccc4c(c3)-c3ccccc3C4(c3ccccc3)C(/C=C\C)CC=C)cc3c4ccccc4ccc32)n1. The van der Waals surface area contributed by atoms with Crippen LogP contribution < -0.4 is 0 Å². The summed E-state index contributed by atoms with van der Waals surface area (Å²) in [4.78, 5) is 10.4. The van der Waals surface area contributed by atoms with Crippen LogP contribution in [0.3, 0.4) is 0 Å². The van der Waals surface area contributed by atoms with Crippen molar-refractivity contribution in [1.82, 2.24) is 14.5 Å². The first-order chi connectivity index (χ1) is 30.5. The summed E-state index contributed by atoms with van der Waals surface area (Å²) in [6, 6.07) is 55.6. The molecule has 0 amide bonds. The minimum atomic E-state index is -0.334. The molecule has 1 aliphatic carbocycles. The van der Waals surface area contributed by atoms with Crippen molar-refractivity contribution in [3.63, 3.8) is 0 Å². The van der Waals surface area contributed by atoms with Gasteiger partial charge in [0.2, 0.25) is 0 Å². The fourth-order valence-corrected chi connectivity index (χ4v) is 10.2. The fourth-order valence-electron chi connectivity index (χ4n) is 10.2. The van der Waals surface area contributed by atoms with E-state index in [0.717, 1.165) is 53.8 Å². The van der Waals surface area contributed by atoms with Crippen molar-refractivity contribution in [2.24, 2.45) is 5.92 Å². The summed E-state index contributed by atoms with van der Waals surface area (Å²) < 4.78 is 2.37. The molecule has 62 heavy (non-hydrogen) atoms. The van der Waals surface area contributed by atoms with Gasteiger partial charge in [-0.1, -0.05) is 190 Å². The summed E-state index contributed by atoms with van der Waals surface area (Å²) in [7, 11) is 0. The number of rotatable bonds is 15. The van der Waals surface area contributed by atoms with Crippen molar-refractivity contribution in [1.29, 1.82) is 0 Å². The Morgan fingerprint density at radius 1 is 0.726 bits per heavy atom. The molecule has 3 heteroatoms. The maximum atomic E-state index is 5.28. The maximum Gasteiger partial charge on any atom is 0.162 e. The number of allylic oxidation sites excluding steroid dienone is 7. The average molecular weight is 804 g/mol. The predicted molar refractivity (Wildman–Crippen MR) is 263 cm³/mol. The van der Waals surface area contributed by atoms with Crippen LogP contribution in [-0.4, -0.2) is 14.5 Å². The molecule has 0 saturated heterocycles. The Morgan fingerprint density at radius 3 is 2.23 bits per heavy atom. The number of aryl methyl sites for hydroxylation is 1. The zero-order chi connectivity index (χ0) is 42.6. The largest absolute Gasteiger partial charge is 0.298 e. The molecule has 9 rings (SSSR count). The lowest BCUT2D eigenvalue weighted by atomic mass is 9.63. The highest BCUT2D eigenvalue weighted by atomic mass is 15.1. The highest BCUT2D eigenvalue weighted by Gasteiger charge is 2.48. The molecule has 0 spiro atoms. The molecule has 1 aliphatic rings. The number of benzene rings is 6. The maximum absolute atomic E-state index is 5.28. The van der Waals surface area contributed by atoms with Gasteiger partial charge in [0.05, 0.1) is 16.6 Å². The zero-order valence-corrected chi connectivity index (χ0v) is 35.8. The van der Waals surface area contributed by atoms with Gasteiger partial charge in [-0.2, -0.15) is 0 Å². The second kappa shape index (κ2) is 17.5. The van der Waals surface area contributed by atoms with E-state index in [-0.39, 0.29) is 11.3 Å². The molecule has 0 N–H and O–H groups in total. The van der Waals surface area contributed by atoms with Crippen molar-refractivity contribution in [2.75, 3.05) is 0 Å². The van der Waals surface area contributed by atoms with Gasteiger partial charge in [-0.05, 0) is 101 Å². The Bertz CT molecular complexity index is 3000. The fraction of sp³-hybridized carbons (Fsp3) is 0.153. The molecule has 2 aromatic heterocycles. The van der Waals surface area contributed by atoms with E-state index in [1.165, 1.54) is 55.2 Å². The highest BCUT2D eigenvalue weighted by Crippen LogP contribution is 2.58. The van der Waals surface area contributed by atoms with Gasteiger partial charge in [-0.25, -0.2) is 9.97 Å². The summed E-state index contributed by atoms with van der Waals surface area (Å²) in [6.07, 6.45) is 15.9. The van der Waals surface area contributed by atoms with Gasteiger partial charge >= 0.3 is 0 Å². The monoisotopic (exact) mass is 803 g/mol. The Morgan fingerprint density at radius 2 is 1.47 bits per heavy atom. The summed E-state index contributed by atoms with van der Waals surface area (Å²) in [6.45, 7) is 16.8. The van der Waals surface area contributed by atoms with E-state index in [4.69, 9.17) is 9.97 Å². The van der Waals surface area contributed by atoms with Crippen molar-refractivity contribution in [2.45, 2.75) is 50.9 Å². The minimum absolute atomic E-state index is 0.208. The summed E-state index contributed by atoms with van der Waals surface area (Å²) in [5.74, 6) is 2.00. The highest BCUT2D eigenvalue weighted by molar-refractivity contribution is 6.07. The topological polar surface area (TPSA) is 30.7 Å². The van der Waals surface area contributed by atoms with Crippen LogP contribution in [0.25, 0.3) is 55.5 Å². The Hall–Kier alpha value is -7.10. The van der Waals surface area contributed by atoms with Gasteiger partial charge in [0.1, 0.15) is 5.82 Å². The number of fused-ring (bicyclic) bond motifs is 6. The third kappa shape index (κ3) is 6.98. The van der Waals surface area contributed by atoms with Crippen LogP contribution >= 0.6 is 0 Å². The van der Waals surface area contributed by atoms with E-state index in [2.05, 4.69) is 202 Å². The molecule has 2 heterocycles.